The topological polar surface area (TPSA) is 0 Å². The lowest BCUT2D eigenvalue weighted by molar-refractivity contribution is 0.453. The molecule has 0 aliphatic carbocycles. The van der Waals surface area contributed by atoms with Gasteiger partial charge in [0.1, 0.15) is 17.5 Å². The molecule has 0 saturated carbocycles. The summed E-state index contributed by atoms with van der Waals surface area (Å²) in [5.74, 6) is -1.63. The smallest absolute Gasteiger partial charge is 0.195 e. The number of hydrogen-bond acceptors (Lipinski definition) is 0. The van der Waals surface area contributed by atoms with Crippen molar-refractivity contribution in [2.75, 3.05) is 0 Å². The predicted molar refractivity (Wildman–Crippen MR) is 125 cm³/mol. The number of fused-ring (bicyclic) bond motifs is 1. The zero-order chi connectivity index (χ0) is 25.1. The molecule has 4 aromatic rings. The van der Waals surface area contributed by atoms with Gasteiger partial charge in [0.15, 0.2) is 17.5 Å². The molecule has 6 heteroatoms. The van der Waals surface area contributed by atoms with Crippen LogP contribution in [-0.4, -0.2) is 0 Å². The van der Waals surface area contributed by atoms with E-state index in [-0.39, 0.29) is 27.5 Å². The Morgan fingerprint density at radius 3 is 2.09 bits per heavy atom. The van der Waals surface area contributed by atoms with E-state index in [1.165, 1.54) is 18.2 Å². The van der Waals surface area contributed by atoms with Gasteiger partial charge in [-0.25, -0.2) is 26.3 Å². The van der Waals surface area contributed by atoms with Gasteiger partial charge in [-0.3, -0.25) is 0 Å². The lowest BCUT2D eigenvalue weighted by Gasteiger charge is -2.09. The van der Waals surface area contributed by atoms with Gasteiger partial charge in [0.2, 0.25) is 0 Å². The van der Waals surface area contributed by atoms with Crippen LogP contribution in [0.1, 0.15) is 42.9 Å². The maximum Gasteiger partial charge on any atom is 0.195 e. The van der Waals surface area contributed by atoms with Crippen LogP contribution >= 0.6 is 0 Å². The number of rotatable bonds is 5. The van der Waals surface area contributed by atoms with Crippen molar-refractivity contribution in [1.82, 2.24) is 0 Å². The van der Waals surface area contributed by atoms with E-state index < -0.39 is 40.5 Å². The number of halogens is 6. The molecular formula is C29H20F6. The van der Waals surface area contributed by atoms with Gasteiger partial charge in [0, 0.05) is 10.9 Å². The molecule has 4 rings (SSSR count). The normalized spacial score (nSPS) is 10.9. The lowest BCUT2D eigenvalue weighted by Crippen LogP contribution is -1.95. The molecule has 35 heavy (non-hydrogen) atoms. The second kappa shape index (κ2) is 10.3. The monoisotopic (exact) mass is 482 g/mol. The first-order valence-electron chi connectivity index (χ1n) is 11.2. The van der Waals surface area contributed by atoms with Crippen LogP contribution in [0.2, 0.25) is 0 Å². The highest BCUT2D eigenvalue weighted by atomic mass is 19.2. The standard InChI is InChI=1S/C29H20F6/c1-2-3-4-5-17-6-8-19(23(30)12-17)9-7-18-13-24(31)27(25(32)14-18)20-10-11-22-21(15-20)16-26(33)29(35)28(22)34/h6,8,10-16H,2-5H2,1H3. The first kappa shape index (κ1) is 24.4. The first-order chi connectivity index (χ1) is 16.8. The fourth-order valence-corrected chi connectivity index (χ4v) is 3.92. The van der Waals surface area contributed by atoms with Gasteiger partial charge >= 0.3 is 0 Å². The van der Waals surface area contributed by atoms with Crippen LogP contribution < -0.4 is 0 Å². The second-order valence-electron chi connectivity index (χ2n) is 8.26. The van der Waals surface area contributed by atoms with Crippen LogP contribution in [0.5, 0.6) is 0 Å². The molecule has 0 radical (unpaired) electrons. The molecule has 0 spiro atoms. The molecular weight excluding hydrogens is 462 g/mol. The third kappa shape index (κ3) is 5.19. The predicted octanol–water partition coefficient (Wildman–Crippen LogP) is 8.47. The molecule has 4 aromatic carbocycles. The van der Waals surface area contributed by atoms with Crippen molar-refractivity contribution < 1.29 is 26.3 Å². The van der Waals surface area contributed by atoms with E-state index in [4.69, 9.17) is 0 Å². The highest BCUT2D eigenvalue weighted by Crippen LogP contribution is 2.32. The largest absolute Gasteiger partial charge is 0.206 e. The fourth-order valence-electron chi connectivity index (χ4n) is 3.92. The minimum absolute atomic E-state index is 0.00452. The average Bonchev–Trinajstić information content (AvgIpc) is 2.82. The van der Waals surface area contributed by atoms with Crippen LogP contribution in [0.15, 0.2) is 54.6 Å². The van der Waals surface area contributed by atoms with E-state index in [0.717, 1.165) is 55.5 Å². The van der Waals surface area contributed by atoms with E-state index in [1.807, 2.05) is 0 Å². The van der Waals surface area contributed by atoms with Gasteiger partial charge in [-0.2, -0.15) is 0 Å². The minimum atomic E-state index is -1.62. The molecule has 0 N–H and O–H groups in total. The molecule has 0 bridgehead atoms. The van der Waals surface area contributed by atoms with Gasteiger partial charge in [-0.05, 0) is 65.8 Å². The molecule has 0 aliphatic heterocycles. The van der Waals surface area contributed by atoms with E-state index in [0.29, 0.717) is 0 Å². The Kier molecular flexibility index (Phi) is 7.16. The van der Waals surface area contributed by atoms with Gasteiger partial charge in [0.05, 0.1) is 11.1 Å². The van der Waals surface area contributed by atoms with Crippen molar-refractivity contribution in [3.8, 4) is 23.0 Å². The summed E-state index contributed by atoms with van der Waals surface area (Å²) in [5.41, 5.74) is 0.559. The third-order valence-electron chi connectivity index (χ3n) is 5.75. The summed E-state index contributed by atoms with van der Waals surface area (Å²) in [4.78, 5) is 0. The molecule has 178 valence electrons. The Hall–Kier alpha value is -3.72. The summed E-state index contributed by atoms with van der Waals surface area (Å²) in [7, 11) is 0. The zero-order valence-electron chi connectivity index (χ0n) is 18.8. The van der Waals surface area contributed by atoms with Crippen molar-refractivity contribution in [1.29, 1.82) is 0 Å². The van der Waals surface area contributed by atoms with Gasteiger partial charge < -0.3 is 0 Å². The Morgan fingerprint density at radius 1 is 0.657 bits per heavy atom. The number of hydrogen-bond donors (Lipinski definition) is 0. The molecule has 0 unspecified atom stereocenters. The van der Waals surface area contributed by atoms with E-state index in [1.54, 1.807) is 12.1 Å². The number of unbranched alkanes of at least 4 members (excludes halogenated alkanes) is 2. The summed E-state index contributed by atoms with van der Waals surface area (Å²) >= 11 is 0. The van der Waals surface area contributed by atoms with Crippen molar-refractivity contribution in [3.63, 3.8) is 0 Å². The lowest BCUT2D eigenvalue weighted by atomic mass is 9.98. The maximum atomic E-state index is 14.8. The average molecular weight is 482 g/mol. The highest BCUT2D eigenvalue weighted by molar-refractivity contribution is 5.88. The van der Waals surface area contributed by atoms with Gasteiger partial charge in [0.25, 0.3) is 0 Å². The molecule has 0 fully saturated rings. The second-order valence-corrected chi connectivity index (χ2v) is 8.26. The number of benzene rings is 4. The quantitative estimate of drug-likeness (QED) is 0.116. The minimum Gasteiger partial charge on any atom is -0.206 e. The fraction of sp³-hybridized carbons (Fsp3) is 0.172. The molecule has 0 atom stereocenters. The van der Waals surface area contributed by atoms with Crippen molar-refractivity contribution >= 4 is 10.8 Å². The third-order valence-corrected chi connectivity index (χ3v) is 5.75. The van der Waals surface area contributed by atoms with E-state index >= 15 is 0 Å². The van der Waals surface area contributed by atoms with Crippen LogP contribution in [0.4, 0.5) is 26.3 Å². The van der Waals surface area contributed by atoms with Crippen LogP contribution in [0.25, 0.3) is 21.9 Å². The van der Waals surface area contributed by atoms with Crippen molar-refractivity contribution in [3.05, 3.63) is 106 Å². The molecule has 0 aromatic heterocycles. The molecule has 0 nitrogen and oxygen atoms in total. The Labute approximate surface area is 199 Å². The zero-order valence-corrected chi connectivity index (χ0v) is 18.8. The Bertz CT molecular complexity index is 1450. The van der Waals surface area contributed by atoms with Crippen LogP contribution in [-0.2, 0) is 6.42 Å². The summed E-state index contributed by atoms with van der Waals surface area (Å²) in [5, 5.41) is -0.260. The Morgan fingerprint density at radius 2 is 1.40 bits per heavy atom. The first-order valence-corrected chi connectivity index (χ1v) is 11.2. The SMILES string of the molecule is CCCCCc1ccc(C#Cc2cc(F)c(-c3ccc4c(F)c(F)c(F)cc4c3)c(F)c2)c(F)c1. The van der Waals surface area contributed by atoms with Crippen molar-refractivity contribution in [2.24, 2.45) is 0 Å². The van der Waals surface area contributed by atoms with Gasteiger partial charge in [-0.15, -0.1) is 0 Å². The molecule has 0 saturated heterocycles. The summed E-state index contributed by atoms with van der Waals surface area (Å²) < 4.78 is 85.1. The molecule has 0 amide bonds. The van der Waals surface area contributed by atoms with Gasteiger partial charge in [-0.1, -0.05) is 49.8 Å². The molecule has 0 aliphatic rings. The van der Waals surface area contributed by atoms with Crippen molar-refractivity contribution in [2.45, 2.75) is 32.6 Å². The van der Waals surface area contributed by atoms with E-state index in [2.05, 4.69) is 18.8 Å². The Balaban J connectivity index is 1.63. The maximum absolute atomic E-state index is 14.8. The summed E-state index contributed by atoms with van der Waals surface area (Å²) in [6, 6.07) is 11.0. The summed E-state index contributed by atoms with van der Waals surface area (Å²) in [6.45, 7) is 2.09. The number of aryl methyl sites for hydroxylation is 1. The van der Waals surface area contributed by atoms with E-state index in [9.17, 15) is 26.3 Å². The summed E-state index contributed by atoms with van der Waals surface area (Å²) in [6.07, 6.45) is 3.85. The van der Waals surface area contributed by atoms with Crippen LogP contribution in [0, 0.1) is 46.7 Å². The highest BCUT2D eigenvalue weighted by Gasteiger charge is 2.17. The van der Waals surface area contributed by atoms with Crippen LogP contribution in [0.3, 0.4) is 0 Å². The molecule has 0 heterocycles.